The van der Waals surface area contributed by atoms with Crippen molar-refractivity contribution in [3.63, 3.8) is 0 Å². The van der Waals surface area contributed by atoms with Gasteiger partial charge in [-0.3, -0.25) is 9.78 Å². The number of carbonyl (C=O) groups is 1. The zero-order valence-corrected chi connectivity index (χ0v) is 11.7. The Labute approximate surface area is 125 Å². The fourth-order valence-corrected chi connectivity index (χ4v) is 2.31. The average molecular weight is 297 g/mol. The maximum absolute atomic E-state index is 11.8. The van der Waals surface area contributed by atoms with Gasteiger partial charge >= 0.3 is 0 Å². The molecule has 0 radical (unpaired) electrons. The summed E-state index contributed by atoms with van der Waals surface area (Å²) in [4.78, 5) is 14.4. The van der Waals surface area contributed by atoms with Gasteiger partial charge in [0.05, 0.1) is 0 Å². The Morgan fingerprint density at radius 3 is 2.67 bits per heavy atom. The molecule has 4 nitrogen and oxygen atoms in total. The van der Waals surface area contributed by atoms with Crippen LogP contribution in [-0.2, 0) is 0 Å². The standard InChI is InChI=1S/C16H11NO3S/c18-13-9-8-10(11-5-1-2-6-12(11)13)4-3-7-14-15(19)17-16(21)20-14/h1-9,19H,(H,17,21). The Kier molecular flexibility index (Phi) is 3.41. The number of hydrogen-bond donors (Lipinski definition) is 2. The zero-order valence-electron chi connectivity index (χ0n) is 10.9. The molecule has 2 N–H and O–H groups in total. The van der Waals surface area contributed by atoms with E-state index >= 15 is 0 Å². The van der Waals surface area contributed by atoms with Crippen molar-refractivity contribution in [3.05, 3.63) is 70.3 Å². The van der Waals surface area contributed by atoms with Crippen molar-refractivity contribution >= 4 is 29.7 Å². The maximum atomic E-state index is 11.8. The summed E-state index contributed by atoms with van der Waals surface area (Å²) in [6.07, 6.45) is 8.48. The van der Waals surface area contributed by atoms with Crippen molar-refractivity contribution in [2.24, 2.45) is 0 Å². The van der Waals surface area contributed by atoms with Crippen molar-refractivity contribution < 1.29 is 14.3 Å². The summed E-state index contributed by atoms with van der Waals surface area (Å²) in [7, 11) is 0. The van der Waals surface area contributed by atoms with Gasteiger partial charge in [-0.2, -0.15) is 0 Å². The van der Waals surface area contributed by atoms with Gasteiger partial charge in [0.1, 0.15) is 0 Å². The number of benzene rings is 1. The van der Waals surface area contributed by atoms with Crippen LogP contribution in [0.2, 0.25) is 0 Å². The molecule has 1 heterocycles. The maximum Gasteiger partial charge on any atom is 0.269 e. The lowest BCUT2D eigenvalue weighted by Crippen LogP contribution is -2.04. The van der Waals surface area contributed by atoms with Gasteiger partial charge in [0.2, 0.25) is 5.88 Å². The van der Waals surface area contributed by atoms with Crippen LogP contribution in [0.4, 0.5) is 0 Å². The van der Waals surface area contributed by atoms with Crippen LogP contribution in [0.25, 0.3) is 11.6 Å². The van der Waals surface area contributed by atoms with E-state index in [0.29, 0.717) is 5.56 Å². The largest absolute Gasteiger partial charge is 0.492 e. The van der Waals surface area contributed by atoms with Crippen molar-refractivity contribution in [1.29, 1.82) is 0 Å². The lowest BCUT2D eigenvalue weighted by molar-refractivity contribution is 0.104. The van der Waals surface area contributed by atoms with Gasteiger partial charge in [-0.05, 0) is 35.5 Å². The summed E-state index contributed by atoms with van der Waals surface area (Å²) < 4.78 is 5.11. The molecule has 0 spiro atoms. The summed E-state index contributed by atoms with van der Waals surface area (Å²) in [5.74, 6) is 0.158. The van der Waals surface area contributed by atoms with Crippen LogP contribution in [-0.4, -0.2) is 15.9 Å². The normalized spacial score (nSPS) is 15.8. The minimum Gasteiger partial charge on any atom is -0.492 e. The number of allylic oxidation sites excluding steroid dienone is 5. The molecule has 1 aliphatic rings. The zero-order chi connectivity index (χ0) is 14.8. The molecule has 1 aromatic heterocycles. The molecular formula is C16H11NO3S. The van der Waals surface area contributed by atoms with Crippen LogP contribution in [0, 0.1) is 4.84 Å². The van der Waals surface area contributed by atoms with E-state index in [9.17, 15) is 9.90 Å². The number of aromatic amines is 1. The number of hydrogen-bond acceptors (Lipinski definition) is 4. The quantitative estimate of drug-likeness (QED) is 0.825. The summed E-state index contributed by atoms with van der Waals surface area (Å²) in [5.41, 5.74) is 2.48. The molecule has 0 unspecified atom stereocenters. The molecule has 0 aliphatic heterocycles. The van der Waals surface area contributed by atoms with Gasteiger partial charge in [-0.15, -0.1) is 0 Å². The Morgan fingerprint density at radius 1 is 1.19 bits per heavy atom. The highest BCUT2D eigenvalue weighted by molar-refractivity contribution is 7.71. The first-order valence-corrected chi connectivity index (χ1v) is 6.68. The molecule has 104 valence electrons. The van der Waals surface area contributed by atoms with Gasteiger partial charge in [0.25, 0.3) is 4.84 Å². The number of ketones is 1. The third-order valence-electron chi connectivity index (χ3n) is 3.10. The number of fused-ring (bicyclic) bond motifs is 1. The molecule has 0 fully saturated rings. The van der Waals surface area contributed by atoms with E-state index in [4.69, 9.17) is 16.6 Å². The summed E-state index contributed by atoms with van der Waals surface area (Å²) in [5, 5.41) is 9.51. The average Bonchev–Trinajstić information content (AvgIpc) is 2.80. The first-order chi connectivity index (χ1) is 10.1. The Bertz CT molecular complexity index is 852. The minimum absolute atomic E-state index is 0.000701. The molecule has 5 heteroatoms. The number of nitrogens with one attached hydrogen (secondary N) is 1. The molecular weight excluding hydrogens is 286 g/mol. The Hall–Kier alpha value is -2.66. The highest BCUT2D eigenvalue weighted by Crippen LogP contribution is 2.26. The van der Waals surface area contributed by atoms with Gasteiger partial charge in [-0.25, -0.2) is 0 Å². The molecule has 0 atom stereocenters. The van der Waals surface area contributed by atoms with E-state index < -0.39 is 0 Å². The third-order valence-corrected chi connectivity index (χ3v) is 3.28. The number of aromatic nitrogens is 1. The van der Waals surface area contributed by atoms with Crippen molar-refractivity contribution in [1.82, 2.24) is 4.98 Å². The van der Waals surface area contributed by atoms with E-state index in [1.165, 1.54) is 0 Å². The van der Waals surface area contributed by atoms with Gasteiger partial charge < -0.3 is 9.52 Å². The summed E-state index contributed by atoms with van der Waals surface area (Å²) in [6, 6.07) is 7.43. The number of rotatable bonds is 2. The number of carbonyl (C=O) groups excluding carboxylic acids is 1. The number of aromatic hydroxyl groups is 1. The van der Waals surface area contributed by atoms with Crippen molar-refractivity contribution in [2.45, 2.75) is 0 Å². The Balaban J connectivity index is 1.94. The SMILES string of the molecule is O=C1C=CC(=CC=Cc2oc(=S)[nH]c2O)c2ccccc21. The molecule has 0 saturated heterocycles. The van der Waals surface area contributed by atoms with Gasteiger partial charge in [0.15, 0.2) is 11.5 Å². The Morgan fingerprint density at radius 2 is 1.95 bits per heavy atom. The van der Waals surface area contributed by atoms with E-state index in [-0.39, 0.29) is 22.3 Å². The van der Waals surface area contributed by atoms with Crippen LogP contribution in [0.15, 0.2) is 53.0 Å². The van der Waals surface area contributed by atoms with Gasteiger partial charge in [-0.1, -0.05) is 42.5 Å². The van der Waals surface area contributed by atoms with E-state index in [1.54, 1.807) is 30.4 Å². The van der Waals surface area contributed by atoms with E-state index in [2.05, 4.69) is 4.98 Å². The van der Waals surface area contributed by atoms with E-state index in [1.807, 2.05) is 24.3 Å². The first-order valence-electron chi connectivity index (χ1n) is 6.27. The fourth-order valence-electron chi connectivity index (χ4n) is 2.12. The van der Waals surface area contributed by atoms with E-state index in [0.717, 1.165) is 11.1 Å². The first kappa shape index (κ1) is 13.3. The molecule has 2 aromatic rings. The van der Waals surface area contributed by atoms with Crippen LogP contribution in [0.3, 0.4) is 0 Å². The molecule has 0 bridgehead atoms. The van der Waals surface area contributed by atoms with Crippen LogP contribution < -0.4 is 0 Å². The minimum atomic E-state index is -0.107. The molecule has 0 saturated carbocycles. The lowest BCUT2D eigenvalue weighted by atomic mass is 9.91. The van der Waals surface area contributed by atoms with Crippen LogP contribution in [0.5, 0.6) is 5.88 Å². The second-order valence-corrected chi connectivity index (χ2v) is 4.82. The summed E-state index contributed by atoms with van der Waals surface area (Å²) >= 11 is 4.78. The highest BCUT2D eigenvalue weighted by atomic mass is 32.1. The highest BCUT2D eigenvalue weighted by Gasteiger charge is 2.14. The van der Waals surface area contributed by atoms with Gasteiger partial charge in [0, 0.05) is 5.56 Å². The smallest absolute Gasteiger partial charge is 0.269 e. The van der Waals surface area contributed by atoms with Crippen molar-refractivity contribution in [3.8, 4) is 5.88 Å². The van der Waals surface area contributed by atoms with Crippen LogP contribution in [0.1, 0.15) is 21.7 Å². The third kappa shape index (κ3) is 2.64. The summed E-state index contributed by atoms with van der Waals surface area (Å²) in [6.45, 7) is 0. The lowest BCUT2D eigenvalue weighted by Gasteiger charge is -2.11. The molecule has 21 heavy (non-hydrogen) atoms. The number of H-pyrrole nitrogens is 1. The second kappa shape index (κ2) is 5.38. The monoisotopic (exact) mass is 297 g/mol. The molecule has 3 rings (SSSR count). The molecule has 1 aliphatic carbocycles. The predicted molar refractivity (Wildman–Crippen MR) is 82.5 cm³/mol. The van der Waals surface area contributed by atoms with Crippen molar-refractivity contribution in [2.75, 3.05) is 0 Å². The predicted octanol–water partition coefficient (Wildman–Crippen LogP) is 3.89. The fraction of sp³-hybridized carbons (Fsp3) is 0. The topological polar surface area (TPSA) is 66.2 Å². The second-order valence-electron chi connectivity index (χ2n) is 4.45. The van der Waals surface area contributed by atoms with Crippen LogP contribution >= 0.6 is 12.2 Å². The number of oxazole rings is 1. The molecule has 0 amide bonds. The molecule has 1 aromatic carbocycles.